The number of rotatable bonds is 2. The average molecular weight is 260 g/mol. The van der Waals surface area contributed by atoms with Crippen molar-refractivity contribution in [3.05, 3.63) is 28.3 Å². The molecule has 0 aliphatic carbocycles. The molecular weight excluding hydrogens is 240 g/mol. The molecule has 2 nitrogen and oxygen atoms in total. The molecule has 1 aromatic carbocycles. The highest BCUT2D eigenvalue weighted by molar-refractivity contribution is 7.80. The second-order valence-electron chi connectivity index (χ2n) is 4.85. The smallest absolute Gasteiger partial charge is 0.0286 e. The van der Waals surface area contributed by atoms with Crippen molar-refractivity contribution >= 4 is 12.6 Å². The second-order valence-corrected chi connectivity index (χ2v) is 5.30. The van der Waals surface area contributed by atoms with Gasteiger partial charge in [-0.3, -0.25) is 4.90 Å². The van der Waals surface area contributed by atoms with Gasteiger partial charge in [0.05, 0.1) is 0 Å². The summed E-state index contributed by atoms with van der Waals surface area (Å²) < 4.78 is 0. The first-order valence-corrected chi connectivity index (χ1v) is 6.80. The lowest BCUT2D eigenvalue weighted by Crippen LogP contribution is -2.43. The van der Waals surface area contributed by atoms with Crippen LogP contribution in [0.1, 0.15) is 22.3 Å². The summed E-state index contributed by atoms with van der Waals surface area (Å²) in [5, 5.41) is 3.37. The predicted octanol–water partition coefficient (Wildman–Crippen LogP) is 1.98. The molecule has 0 radical (unpaired) electrons. The summed E-state index contributed by atoms with van der Waals surface area (Å²) in [5.74, 6) is 2.76. The lowest BCUT2D eigenvalue weighted by Gasteiger charge is -2.28. The van der Waals surface area contributed by atoms with E-state index in [1.165, 1.54) is 11.1 Å². The Hall–Kier alpha value is -0.950. The summed E-state index contributed by atoms with van der Waals surface area (Å²) in [6.45, 7) is 9.48. The zero-order valence-electron chi connectivity index (χ0n) is 11.1. The van der Waals surface area contributed by atoms with Crippen molar-refractivity contribution in [2.45, 2.75) is 25.3 Å². The Kier molecular flexibility index (Phi) is 4.34. The van der Waals surface area contributed by atoms with Crippen molar-refractivity contribution in [2.24, 2.45) is 0 Å². The normalized spacial score (nSPS) is 16.6. The van der Waals surface area contributed by atoms with Crippen LogP contribution in [0.3, 0.4) is 0 Å². The van der Waals surface area contributed by atoms with E-state index in [1.54, 1.807) is 0 Å². The Balaban J connectivity index is 2.27. The van der Waals surface area contributed by atoms with E-state index in [9.17, 15) is 0 Å². The SMILES string of the molecule is C#Cc1cc(CN2CCNCC2)c(C)c(S)c1C. The maximum Gasteiger partial charge on any atom is 0.0286 e. The third-order valence-electron chi connectivity index (χ3n) is 3.67. The van der Waals surface area contributed by atoms with Crippen molar-refractivity contribution in [3.63, 3.8) is 0 Å². The molecule has 18 heavy (non-hydrogen) atoms. The molecule has 0 atom stereocenters. The molecule has 0 unspecified atom stereocenters. The first kappa shape index (κ1) is 13.5. The fraction of sp³-hybridized carbons (Fsp3) is 0.467. The number of piperazine rings is 1. The van der Waals surface area contributed by atoms with Gasteiger partial charge in [-0.25, -0.2) is 0 Å². The highest BCUT2D eigenvalue weighted by Crippen LogP contribution is 2.26. The van der Waals surface area contributed by atoms with E-state index in [0.717, 1.165) is 48.7 Å². The molecule has 1 N–H and O–H groups in total. The molecule has 0 spiro atoms. The zero-order chi connectivity index (χ0) is 13.1. The van der Waals surface area contributed by atoms with E-state index < -0.39 is 0 Å². The Morgan fingerprint density at radius 2 is 2.00 bits per heavy atom. The Morgan fingerprint density at radius 3 is 2.61 bits per heavy atom. The van der Waals surface area contributed by atoms with Gasteiger partial charge in [-0.15, -0.1) is 19.1 Å². The van der Waals surface area contributed by atoms with Crippen LogP contribution in [-0.2, 0) is 6.54 Å². The largest absolute Gasteiger partial charge is 0.314 e. The monoisotopic (exact) mass is 260 g/mol. The highest BCUT2D eigenvalue weighted by atomic mass is 32.1. The lowest BCUT2D eigenvalue weighted by atomic mass is 9.99. The molecule has 1 fully saturated rings. The van der Waals surface area contributed by atoms with Crippen molar-refractivity contribution in [3.8, 4) is 12.3 Å². The summed E-state index contributed by atoms with van der Waals surface area (Å²) in [6, 6.07) is 2.15. The molecule has 0 saturated carbocycles. The molecular formula is C15H20N2S. The van der Waals surface area contributed by atoms with Crippen molar-refractivity contribution in [1.29, 1.82) is 0 Å². The minimum absolute atomic E-state index is 0.968. The summed E-state index contributed by atoms with van der Waals surface area (Å²) in [4.78, 5) is 3.50. The van der Waals surface area contributed by atoms with Crippen LogP contribution in [0.15, 0.2) is 11.0 Å². The van der Waals surface area contributed by atoms with E-state index >= 15 is 0 Å². The molecule has 0 amide bonds. The number of hydrogen-bond acceptors (Lipinski definition) is 3. The maximum atomic E-state index is 5.56. The topological polar surface area (TPSA) is 15.3 Å². The molecule has 2 rings (SSSR count). The number of nitrogens with zero attached hydrogens (tertiary/aromatic N) is 1. The van der Waals surface area contributed by atoms with Gasteiger partial charge in [0.25, 0.3) is 0 Å². The standard InChI is InChI=1S/C15H20N2S/c1-4-13-9-14(12(3)15(18)11(13)2)10-17-7-5-16-6-8-17/h1,9,16,18H,5-8,10H2,2-3H3. The van der Waals surface area contributed by atoms with Crippen molar-refractivity contribution in [2.75, 3.05) is 26.2 Å². The van der Waals surface area contributed by atoms with Gasteiger partial charge in [-0.1, -0.05) is 5.92 Å². The van der Waals surface area contributed by atoms with E-state index in [2.05, 4.69) is 41.8 Å². The molecule has 96 valence electrons. The number of thiol groups is 1. The van der Waals surface area contributed by atoms with Crippen LogP contribution in [0.2, 0.25) is 0 Å². The van der Waals surface area contributed by atoms with E-state index in [1.807, 2.05) is 6.92 Å². The number of hydrogen-bond donors (Lipinski definition) is 2. The first-order valence-electron chi connectivity index (χ1n) is 6.35. The van der Waals surface area contributed by atoms with Crippen LogP contribution < -0.4 is 5.32 Å². The molecule has 0 aromatic heterocycles. The van der Waals surface area contributed by atoms with E-state index in [-0.39, 0.29) is 0 Å². The first-order chi connectivity index (χ1) is 8.63. The molecule has 1 aromatic rings. The van der Waals surface area contributed by atoms with Crippen molar-refractivity contribution in [1.82, 2.24) is 10.2 Å². The van der Waals surface area contributed by atoms with E-state index in [0.29, 0.717) is 0 Å². The van der Waals surface area contributed by atoms with Crippen LogP contribution in [-0.4, -0.2) is 31.1 Å². The van der Waals surface area contributed by atoms with Crippen LogP contribution >= 0.6 is 12.6 Å². The summed E-state index contributed by atoms with van der Waals surface area (Å²) in [6.07, 6.45) is 5.56. The predicted molar refractivity (Wildman–Crippen MR) is 79.2 cm³/mol. The van der Waals surface area contributed by atoms with Crippen molar-refractivity contribution < 1.29 is 0 Å². The molecule has 1 saturated heterocycles. The summed E-state index contributed by atoms with van der Waals surface area (Å²) in [7, 11) is 0. The minimum atomic E-state index is 0.968. The molecule has 0 bridgehead atoms. The Morgan fingerprint density at radius 1 is 1.33 bits per heavy atom. The van der Waals surface area contributed by atoms with Gasteiger partial charge in [0, 0.05) is 43.2 Å². The fourth-order valence-electron chi connectivity index (χ4n) is 2.38. The molecule has 1 aliphatic rings. The van der Waals surface area contributed by atoms with Gasteiger partial charge in [0.15, 0.2) is 0 Å². The van der Waals surface area contributed by atoms with Gasteiger partial charge in [-0.05, 0) is 36.6 Å². The van der Waals surface area contributed by atoms with Crippen LogP contribution in [0.4, 0.5) is 0 Å². The van der Waals surface area contributed by atoms with Gasteiger partial charge in [-0.2, -0.15) is 0 Å². The zero-order valence-corrected chi connectivity index (χ0v) is 12.0. The Labute approximate surface area is 115 Å². The average Bonchev–Trinajstić information content (AvgIpc) is 2.40. The summed E-state index contributed by atoms with van der Waals surface area (Å²) >= 11 is 4.60. The number of benzene rings is 1. The maximum absolute atomic E-state index is 5.56. The second kappa shape index (κ2) is 5.79. The highest BCUT2D eigenvalue weighted by Gasteiger charge is 2.14. The molecule has 1 aliphatic heterocycles. The third kappa shape index (κ3) is 2.72. The van der Waals surface area contributed by atoms with Crippen LogP contribution in [0, 0.1) is 26.2 Å². The van der Waals surface area contributed by atoms with Crippen LogP contribution in [0.5, 0.6) is 0 Å². The van der Waals surface area contributed by atoms with Gasteiger partial charge in [0.1, 0.15) is 0 Å². The third-order valence-corrected chi connectivity index (χ3v) is 4.34. The summed E-state index contributed by atoms with van der Waals surface area (Å²) in [5.41, 5.74) is 4.65. The van der Waals surface area contributed by atoms with Crippen LogP contribution in [0.25, 0.3) is 0 Å². The molecule has 3 heteroatoms. The van der Waals surface area contributed by atoms with Gasteiger partial charge < -0.3 is 5.32 Å². The molecule has 1 heterocycles. The van der Waals surface area contributed by atoms with Gasteiger partial charge >= 0.3 is 0 Å². The number of nitrogens with one attached hydrogen (secondary N) is 1. The minimum Gasteiger partial charge on any atom is -0.314 e. The fourth-order valence-corrected chi connectivity index (χ4v) is 2.64. The number of terminal acetylenes is 1. The van der Waals surface area contributed by atoms with Gasteiger partial charge in [0.2, 0.25) is 0 Å². The van der Waals surface area contributed by atoms with E-state index in [4.69, 9.17) is 6.42 Å². The Bertz CT molecular complexity index is 482. The lowest BCUT2D eigenvalue weighted by molar-refractivity contribution is 0.232. The quantitative estimate of drug-likeness (QED) is 0.624.